The SMILES string of the molecule is CCOc1ccc(C2=N/C(=C/c3ccc(N4CCCCC4)c([N+](=O)[O-])c3)C(=O)O2)cc1OCC. The second-order valence-electron chi connectivity index (χ2n) is 7.92. The highest BCUT2D eigenvalue weighted by Gasteiger charge is 2.26. The molecular weight excluding hydrogens is 438 g/mol. The molecule has 9 heteroatoms. The van der Waals surface area contributed by atoms with Crippen LogP contribution in [0.1, 0.15) is 44.2 Å². The highest BCUT2D eigenvalue weighted by atomic mass is 16.6. The summed E-state index contributed by atoms with van der Waals surface area (Å²) in [5, 5.41) is 11.7. The van der Waals surface area contributed by atoms with Gasteiger partial charge in [-0.2, -0.15) is 0 Å². The number of cyclic esters (lactones) is 1. The van der Waals surface area contributed by atoms with Gasteiger partial charge in [0.05, 0.1) is 18.1 Å². The number of hydrogen-bond donors (Lipinski definition) is 0. The smallest absolute Gasteiger partial charge is 0.363 e. The van der Waals surface area contributed by atoms with Crippen molar-refractivity contribution in [1.82, 2.24) is 0 Å². The third-order valence-corrected chi connectivity index (χ3v) is 5.61. The van der Waals surface area contributed by atoms with Crippen LogP contribution in [0.4, 0.5) is 11.4 Å². The highest BCUT2D eigenvalue weighted by Crippen LogP contribution is 2.33. The fourth-order valence-electron chi connectivity index (χ4n) is 4.05. The predicted octanol–water partition coefficient (Wildman–Crippen LogP) is 4.73. The maximum atomic E-state index is 12.5. The number of carbonyl (C=O) groups excluding carboxylic acids is 1. The molecule has 0 bridgehead atoms. The summed E-state index contributed by atoms with van der Waals surface area (Å²) in [5.74, 6) is 0.640. The topological polar surface area (TPSA) is 104 Å². The van der Waals surface area contributed by atoms with Crippen molar-refractivity contribution >= 4 is 29.3 Å². The minimum absolute atomic E-state index is 0.0136. The zero-order valence-corrected chi connectivity index (χ0v) is 19.3. The highest BCUT2D eigenvalue weighted by molar-refractivity contribution is 6.13. The molecule has 34 heavy (non-hydrogen) atoms. The van der Waals surface area contributed by atoms with Crippen LogP contribution in [0.5, 0.6) is 11.5 Å². The number of benzene rings is 2. The van der Waals surface area contributed by atoms with E-state index in [2.05, 4.69) is 4.99 Å². The first-order valence-corrected chi connectivity index (χ1v) is 11.5. The van der Waals surface area contributed by atoms with Gasteiger partial charge in [-0.25, -0.2) is 9.79 Å². The van der Waals surface area contributed by atoms with E-state index in [1.165, 1.54) is 12.1 Å². The van der Waals surface area contributed by atoms with E-state index in [1.807, 2.05) is 18.7 Å². The van der Waals surface area contributed by atoms with Crippen molar-refractivity contribution in [2.45, 2.75) is 33.1 Å². The third-order valence-electron chi connectivity index (χ3n) is 5.61. The molecule has 0 atom stereocenters. The standard InChI is InChI=1S/C25H27N3O6/c1-3-32-22-11-9-18(16-23(22)33-4-2)24-26-19(25(29)34-24)14-17-8-10-20(21(15-17)28(30)31)27-12-6-5-7-13-27/h8-11,14-16H,3-7,12-13H2,1-2H3/b19-14+. The van der Waals surface area contributed by atoms with Crippen LogP contribution in [0.15, 0.2) is 47.1 Å². The summed E-state index contributed by atoms with van der Waals surface area (Å²) in [4.78, 5) is 30.2. The van der Waals surface area contributed by atoms with Gasteiger partial charge in [-0.3, -0.25) is 10.1 Å². The van der Waals surface area contributed by atoms with Crippen LogP contribution in [0, 0.1) is 10.1 Å². The molecule has 0 aromatic heterocycles. The molecule has 0 amide bonds. The Bertz CT molecular complexity index is 1150. The largest absolute Gasteiger partial charge is 0.490 e. The number of nitro groups is 1. The van der Waals surface area contributed by atoms with Gasteiger partial charge in [0.15, 0.2) is 17.2 Å². The molecular formula is C25H27N3O6. The van der Waals surface area contributed by atoms with Crippen LogP contribution < -0.4 is 14.4 Å². The lowest BCUT2D eigenvalue weighted by Gasteiger charge is -2.28. The molecule has 1 saturated heterocycles. The van der Waals surface area contributed by atoms with Crippen molar-refractivity contribution in [2.24, 2.45) is 4.99 Å². The van der Waals surface area contributed by atoms with E-state index in [-0.39, 0.29) is 22.2 Å². The molecule has 4 rings (SSSR count). The maximum absolute atomic E-state index is 12.5. The molecule has 2 aromatic rings. The van der Waals surface area contributed by atoms with Crippen LogP contribution in [-0.2, 0) is 9.53 Å². The Morgan fingerprint density at radius 1 is 1.06 bits per heavy atom. The molecule has 0 N–H and O–H groups in total. The lowest BCUT2D eigenvalue weighted by atomic mass is 10.1. The van der Waals surface area contributed by atoms with Crippen molar-refractivity contribution in [1.29, 1.82) is 0 Å². The second kappa shape index (κ2) is 10.4. The van der Waals surface area contributed by atoms with Gasteiger partial charge < -0.3 is 19.1 Å². The van der Waals surface area contributed by atoms with Crippen LogP contribution in [0.3, 0.4) is 0 Å². The Morgan fingerprint density at radius 2 is 1.79 bits per heavy atom. The summed E-state index contributed by atoms with van der Waals surface area (Å²) in [6, 6.07) is 10.2. The monoisotopic (exact) mass is 465 g/mol. The molecule has 1 fully saturated rings. The number of nitro benzene ring substituents is 1. The summed E-state index contributed by atoms with van der Waals surface area (Å²) in [6.45, 7) is 6.29. The van der Waals surface area contributed by atoms with Crippen molar-refractivity contribution in [3.8, 4) is 11.5 Å². The number of anilines is 1. The van der Waals surface area contributed by atoms with Gasteiger partial charge in [0.1, 0.15) is 5.69 Å². The lowest BCUT2D eigenvalue weighted by Crippen LogP contribution is -2.29. The average Bonchev–Trinajstić information content (AvgIpc) is 3.21. The van der Waals surface area contributed by atoms with Gasteiger partial charge in [-0.1, -0.05) is 6.07 Å². The molecule has 2 aliphatic heterocycles. The summed E-state index contributed by atoms with van der Waals surface area (Å²) < 4.78 is 16.6. The van der Waals surface area contributed by atoms with Crippen molar-refractivity contribution in [3.05, 3.63) is 63.3 Å². The van der Waals surface area contributed by atoms with E-state index < -0.39 is 5.97 Å². The van der Waals surface area contributed by atoms with E-state index in [0.29, 0.717) is 41.5 Å². The van der Waals surface area contributed by atoms with E-state index in [9.17, 15) is 14.9 Å². The molecule has 0 unspecified atom stereocenters. The normalized spacial score (nSPS) is 16.9. The van der Waals surface area contributed by atoms with Gasteiger partial charge in [-0.05, 0) is 69.0 Å². The summed E-state index contributed by atoms with van der Waals surface area (Å²) in [6.07, 6.45) is 4.67. The second-order valence-corrected chi connectivity index (χ2v) is 7.92. The molecule has 9 nitrogen and oxygen atoms in total. The number of piperidine rings is 1. The minimum Gasteiger partial charge on any atom is -0.490 e. The van der Waals surface area contributed by atoms with Gasteiger partial charge >= 0.3 is 5.97 Å². The maximum Gasteiger partial charge on any atom is 0.363 e. The minimum atomic E-state index is -0.621. The van der Waals surface area contributed by atoms with Gasteiger partial charge in [0.25, 0.3) is 5.69 Å². The van der Waals surface area contributed by atoms with Crippen LogP contribution in [-0.4, -0.2) is 43.1 Å². The van der Waals surface area contributed by atoms with E-state index in [0.717, 1.165) is 32.4 Å². The number of hydrogen-bond acceptors (Lipinski definition) is 8. The molecule has 178 valence electrons. The molecule has 2 aromatic carbocycles. The summed E-state index contributed by atoms with van der Waals surface area (Å²) in [7, 11) is 0. The van der Waals surface area contributed by atoms with E-state index >= 15 is 0 Å². The van der Waals surface area contributed by atoms with E-state index in [4.69, 9.17) is 14.2 Å². The quantitative estimate of drug-likeness (QED) is 0.240. The Labute approximate surface area is 197 Å². The molecule has 0 radical (unpaired) electrons. The van der Waals surface area contributed by atoms with Crippen LogP contribution in [0.25, 0.3) is 6.08 Å². The summed E-state index contributed by atoms with van der Waals surface area (Å²) >= 11 is 0. The molecule has 2 heterocycles. The van der Waals surface area contributed by atoms with Gasteiger partial charge in [0, 0.05) is 24.7 Å². The number of esters is 1. The predicted molar refractivity (Wildman–Crippen MR) is 129 cm³/mol. The lowest BCUT2D eigenvalue weighted by molar-refractivity contribution is -0.384. The van der Waals surface area contributed by atoms with Crippen LogP contribution in [0.2, 0.25) is 0 Å². The van der Waals surface area contributed by atoms with E-state index in [1.54, 1.807) is 30.3 Å². The number of ether oxygens (including phenoxy) is 3. The molecule has 0 aliphatic carbocycles. The Morgan fingerprint density at radius 3 is 2.50 bits per heavy atom. The zero-order chi connectivity index (χ0) is 24.1. The van der Waals surface area contributed by atoms with Crippen molar-refractivity contribution in [3.63, 3.8) is 0 Å². The fourth-order valence-corrected chi connectivity index (χ4v) is 4.05. The average molecular weight is 466 g/mol. The molecule has 0 spiro atoms. The zero-order valence-electron chi connectivity index (χ0n) is 19.3. The number of nitrogens with zero attached hydrogens (tertiary/aromatic N) is 3. The van der Waals surface area contributed by atoms with Crippen LogP contribution >= 0.6 is 0 Å². The van der Waals surface area contributed by atoms with Crippen molar-refractivity contribution < 1.29 is 23.9 Å². The Kier molecular flexibility index (Phi) is 7.10. The Hall–Kier alpha value is -3.88. The van der Waals surface area contributed by atoms with Crippen molar-refractivity contribution in [2.75, 3.05) is 31.2 Å². The molecule has 0 saturated carbocycles. The summed E-state index contributed by atoms with van der Waals surface area (Å²) in [5.41, 5.74) is 1.76. The number of carbonyl (C=O) groups is 1. The number of aliphatic imine (C=N–C) groups is 1. The molecule has 2 aliphatic rings. The fraction of sp³-hybridized carbons (Fsp3) is 0.360. The first-order valence-electron chi connectivity index (χ1n) is 11.5. The third kappa shape index (κ3) is 5.03. The first-order chi connectivity index (χ1) is 16.5. The number of rotatable bonds is 8. The van der Waals surface area contributed by atoms with Gasteiger partial charge in [-0.15, -0.1) is 0 Å². The Balaban J connectivity index is 1.63. The van der Waals surface area contributed by atoms with Gasteiger partial charge in [0.2, 0.25) is 5.90 Å². The first kappa shape index (κ1) is 23.3.